The minimum atomic E-state index is 0.0911. The molecule has 1 aromatic heterocycles. The summed E-state index contributed by atoms with van der Waals surface area (Å²) in [5, 5.41) is 2.83. The Morgan fingerprint density at radius 3 is 3.07 bits per heavy atom. The molecular formula is C10H14N2OS. The second-order valence-corrected chi connectivity index (χ2v) is 3.72. The van der Waals surface area contributed by atoms with Crippen LogP contribution >= 0.6 is 11.8 Å². The maximum atomic E-state index is 11.1. The molecule has 14 heavy (non-hydrogen) atoms. The highest BCUT2D eigenvalue weighted by Gasteiger charge is 1.98. The Morgan fingerprint density at radius 1 is 1.57 bits per heavy atom. The van der Waals surface area contributed by atoms with Crippen molar-refractivity contribution in [2.45, 2.75) is 6.42 Å². The molecule has 1 rings (SSSR count). The molecule has 0 saturated heterocycles. The number of hydrogen-bond donors (Lipinski definition) is 1. The summed E-state index contributed by atoms with van der Waals surface area (Å²) in [6, 6.07) is 5.79. The van der Waals surface area contributed by atoms with Gasteiger partial charge in [0.2, 0.25) is 5.91 Å². The molecule has 1 N–H and O–H groups in total. The largest absolute Gasteiger partial charge is 0.355 e. The normalized spacial score (nSPS) is 9.79. The lowest BCUT2D eigenvalue weighted by Crippen LogP contribution is -2.27. The lowest BCUT2D eigenvalue weighted by atomic mass is 10.3. The van der Waals surface area contributed by atoms with Crippen LogP contribution in [0.15, 0.2) is 24.4 Å². The summed E-state index contributed by atoms with van der Waals surface area (Å²) in [4.78, 5) is 15.2. The molecule has 0 unspecified atom stereocenters. The average Bonchev–Trinajstić information content (AvgIpc) is 2.20. The van der Waals surface area contributed by atoms with Gasteiger partial charge in [0.25, 0.3) is 0 Å². The Bertz CT molecular complexity index is 277. The van der Waals surface area contributed by atoms with Gasteiger partial charge in [-0.1, -0.05) is 6.07 Å². The summed E-state index contributed by atoms with van der Waals surface area (Å²) in [6.45, 7) is 0.663. The van der Waals surface area contributed by atoms with Gasteiger partial charge in [0, 0.05) is 24.9 Å². The van der Waals surface area contributed by atoms with E-state index in [-0.39, 0.29) is 5.91 Å². The van der Waals surface area contributed by atoms with Crippen LogP contribution < -0.4 is 5.32 Å². The molecule has 0 aliphatic carbocycles. The van der Waals surface area contributed by atoms with Gasteiger partial charge in [-0.15, -0.1) is 0 Å². The zero-order valence-electron chi connectivity index (χ0n) is 8.19. The van der Waals surface area contributed by atoms with Gasteiger partial charge in [-0.25, -0.2) is 0 Å². The van der Waals surface area contributed by atoms with E-state index in [1.807, 2.05) is 24.5 Å². The van der Waals surface area contributed by atoms with Gasteiger partial charge >= 0.3 is 0 Å². The zero-order valence-corrected chi connectivity index (χ0v) is 9.01. The van der Waals surface area contributed by atoms with Crippen LogP contribution in [-0.2, 0) is 11.2 Å². The molecule has 76 valence electrons. The number of aromatic nitrogens is 1. The van der Waals surface area contributed by atoms with Crippen LogP contribution in [0, 0.1) is 0 Å². The third-order valence-electron chi connectivity index (χ3n) is 1.70. The van der Waals surface area contributed by atoms with Crippen molar-refractivity contribution in [3.05, 3.63) is 30.1 Å². The van der Waals surface area contributed by atoms with Crippen molar-refractivity contribution in [2.75, 3.05) is 18.6 Å². The number of pyridine rings is 1. The van der Waals surface area contributed by atoms with E-state index < -0.39 is 0 Å². The summed E-state index contributed by atoms with van der Waals surface area (Å²) in [7, 11) is 0. The molecule has 1 amide bonds. The van der Waals surface area contributed by atoms with E-state index in [2.05, 4.69) is 10.3 Å². The molecule has 0 saturated carbocycles. The molecule has 4 heteroatoms. The third-order valence-corrected chi connectivity index (χ3v) is 2.26. The number of nitrogens with zero attached hydrogens (tertiary/aromatic N) is 1. The van der Waals surface area contributed by atoms with E-state index in [0.29, 0.717) is 12.3 Å². The van der Waals surface area contributed by atoms with Crippen molar-refractivity contribution >= 4 is 17.7 Å². The van der Waals surface area contributed by atoms with Crippen molar-refractivity contribution < 1.29 is 4.79 Å². The van der Waals surface area contributed by atoms with Crippen molar-refractivity contribution in [3.8, 4) is 0 Å². The van der Waals surface area contributed by atoms with Crippen LogP contribution in [0.3, 0.4) is 0 Å². The summed E-state index contributed by atoms with van der Waals surface area (Å²) >= 11 is 1.53. The fraction of sp³-hybridized carbons (Fsp3) is 0.400. The van der Waals surface area contributed by atoms with Gasteiger partial charge in [0.05, 0.1) is 5.75 Å². The maximum absolute atomic E-state index is 11.1. The monoisotopic (exact) mass is 210 g/mol. The number of rotatable bonds is 5. The Hall–Kier alpha value is -1.03. The van der Waals surface area contributed by atoms with Crippen LogP contribution in [0.5, 0.6) is 0 Å². The minimum absolute atomic E-state index is 0.0911. The Kier molecular flexibility index (Phi) is 5.07. The van der Waals surface area contributed by atoms with E-state index in [4.69, 9.17) is 0 Å². The van der Waals surface area contributed by atoms with Crippen LogP contribution in [0.1, 0.15) is 5.69 Å². The van der Waals surface area contributed by atoms with Gasteiger partial charge in [-0.2, -0.15) is 11.8 Å². The average molecular weight is 210 g/mol. The van der Waals surface area contributed by atoms with Gasteiger partial charge in [0.1, 0.15) is 0 Å². The molecule has 1 heterocycles. The second kappa shape index (κ2) is 6.43. The molecule has 0 aromatic carbocycles. The van der Waals surface area contributed by atoms with Gasteiger partial charge < -0.3 is 5.32 Å². The summed E-state index contributed by atoms with van der Waals surface area (Å²) in [5.74, 6) is 0.621. The first-order valence-corrected chi connectivity index (χ1v) is 5.88. The predicted molar refractivity (Wildman–Crippen MR) is 59.3 cm³/mol. The van der Waals surface area contributed by atoms with E-state index in [0.717, 1.165) is 12.1 Å². The molecule has 0 bridgehead atoms. The fourth-order valence-electron chi connectivity index (χ4n) is 1.06. The quantitative estimate of drug-likeness (QED) is 0.791. The van der Waals surface area contributed by atoms with Gasteiger partial charge in [-0.05, 0) is 18.4 Å². The lowest BCUT2D eigenvalue weighted by molar-refractivity contribution is -0.118. The third kappa shape index (κ3) is 4.28. The van der Waals surface area contributed by atoms with Gasteiger partial charge in [-0.3, -0.25) is 9.78 Å². The van der Waals surface area contributed by atoms with Crippen LogP contribution in [0.4, 0.5) is 0 Å². The zero-order chi connectivity index (χ0) is 10.2. The number of nitrogens with one attached hydrogen (secondary N) is 1. The molecule has 0 aliphatic heterocycles. The smallest absolute Gasteiger partial charge is 0.229 e. The van der Waals surface area contributed by atoms with Crippen molar-refractivity contribution in [1.29, 1.82) is 0 Å². The predicted octanol–water partition coefficient (Wildman–Crippen LogP) is 1.10. The second-order valence-electron chi connectivity index (χ2n) is 2.85. The van der Waals surface area contributed by atoms with Crippen LogP contribution in [-0.4, -0.2) is 29.4 Å². The number of amides is 1. The first-order chi connectivity index (χ1) is 6.83. The van der Waals surface area contributed by atoms with E-state index in [9.17, 15) is 4.79 Å². The summed E-state index contributed by atoms with van der Waals surface area (Å²) in [5.41, 5.74) is 1.01. The first kappa shape index (κ1) is 11.0. The molecule has 1 aromatic rings. The topological polar surface area (TPSA) is 42.0 Å². The van der Waals surface area contributed by atoms with Crippen molar-refractivity contribution in [1.82, 2.24) is 10.3 Å². The summed E-state index contributed by atoms with van der Waals surface area (Å²) in [6.07, 6.45) is 4.47. The lowest BCUT2D eigenvalue weighted by Gasteiger charge is -2.02. The maximum Gasteiger partial charge on any atom is 0.229 e. The number of thioether (sulfide) groups is 1. The number of carbonyl (C=O) groups excluding carboxylic acids is 1. The standard InChI is InChI=1S/C10H14N2OS/c1-14-8-10(13)12-7-5-9-4-2-3-6-11-9/h2-4,6H,5,7-8H2,1H3,(H,12,13). The van der Waals surface area contributed by atoms with Crippen LogP contribution in [0.2, 0.25) is 0 Å². The highest BCUT2D eigenvalue weighted by atomic mass is 32.2. The molecule has 0 aliphatic rings. The Labute approximate surface area is 88.3 Å². The highest BCUT2D eigenvalue weighted by molar-refractivity contribution is 7.99. The Morgan fingerprint density at radius 2 is 2.43 bits per heavy atom. The van der Waals surface area contributed by atoms with Gasteiger partial charge in [0.15, 0.2) is 0 Å². The molecular weight excluding hydrogens is 196 g/mol. The molecule has 0 fully saturated rings. The fourth-order valence-corrected chi connectivity index (χ4v) is 1.42. The molecule has 0 atom stereocenters. The first-order valence-electron chi connectivity index (χ1n) is 4.48. The number of carbonyl (C=O) groups is 1. The van der Waals surface area contributed by atoms with Crippen LogP contribution in [0.25, 0.3) is 0 Å². The van der Waals surface area contributed by atoms with E-state index in [1.54, 1.807) is 6.20 Å². The highest BCUT2D eigenvalue weighted by Crippen LogP contribution is 1.94. The van der Waals surface area contributed by atoms with E-state index >= 15 is 0 Å². The minimum Gasteiger partial charge on any atom is -0.355 e. The summed E-state index contributed by atoms with van der Waals surface area (Å²) < 4.78 is 0. The molecule has 0 radical (unpaired) electrons. The SMILES string of the molecule is CSCC(=O)NCCc1ccccn1. The Balaban J connectivity index is 2.19. The molecule has 0 spiro atoms. The molecule has 3 nitrogen and oxygen atoms in total. The van der Waals surface area contributed by atoms with Crippen molar-refractivity contribution in [3.63, 3.8) is 0 Å². The van der Waals surface area contributed by atoms with Crippen molar-refractivity contribution in [2.24, 2.45) is 0 Å². The number of hydrogen-bond acceptors (Lipinski definition) is 3. The van der Waals surface area contributed by atoms with E-state index in [1.165, 1.54) is 11.8 Å².